The maximum absolute atomic E-state index is 6.04. The van der Waals surface area contributed by atoms with E-state index in [1.54, 1.807) is 0 Å². The Labute approximate surface area is 124 Å². The molecule has 1 saturated carbocycles. The van der Waals surface area contributed by atoms with E-state index < -0.39 is 0 Å². The fourth-order valence-corrected chi connectivity index (χ4v) is 3.45. The van der Waals surface area contributed by atoms with Crippen molar-refractivity contribution in [3.63, 3.8) is 0 Å². The second-order valence-corrected chi connectivity index (χ2v) is 6.47. The molecular formula is C18H30N2. The molecule has 1 aliphatic rings. The molecule has 112 valence electrons. The summed E-state index contributed by atoms with van der Waals surface area (Å²) in [5.74, 6) is 0.900. The predicted molar refractivity (Wildman–Crippen MR) is 86.7 cm³/mol. The van der Waals surface area contributed by atoms with Crippen LogP contribution >= 0.6 is 0 Å². The molecule has 0 saturated heterocycles. The summed E-state index contributed by atoms with van der Waals surface area (Å²) < 4.78 is 0. The summed E-state index contributed by atoms with van der Waals surface area (Å²) in [7, 11) is 2.23. The van der Waals surface area contributed by atoms with E-state index in [0.717, 1.165) is 19.0 Å². The number of benzene rings is 1. The molecule has 0 heterocycles. The van der Waals surface area contributed by atoms with Gasteiger partial charge in [0, 0.05) is 19.1 Å². The maximum Gasteiger partial charge on any atom is 0.0236 e. The quantitative estimate of drug-likeness (QED) is 0.856. The molecule has 1 unspecified atom stereocenters. The van der Waals surface area contributed by atoms with Crippen molar-refractivity contribution in [2.24, 2.45) is 11.7 Å². The van der Waals surface area contributed by atoms with Crippen molar-refractivity contribution in [2.75, 3.05) is 13.6 Å². The largest absolute Gasteiger partial charge is 0.329 e. The van der Waals surface area contributed by atoms with Crippen LogP contribution in [-0.2, 0) is 6.54 Å². The Morgan fingerprint density at radius 2 is 1.90 bits per heavy atom. The van der Waals surface area contributed by atoms with Gasteiger partial charge in [0.05, 0.1) is 0 Å². The number of nitrogens with zero attached hydrogens (tertiary/aromatic N) is 1. The van der Waals surface area contributed by atoms with Crippen molar-refractivity contribution in [1.82, 2.24) is 4.90 Å². The van der Waals surface area contributed by atoms with E-state index in [9.17, 15) is 0 Å². The van der Waals surface area contributed by atoms with E-state index in [1.165, 1.54) is 49.7 Å². The van der Waals surface area contributed by atoms with Gasteiger partial charge < -0.3 is 5.73 Å². The highest BCUT2D eigenvalue weighted by atomic mass is 15.1. The van der Waals surface area contributed by atoms with Crippen molar-refractivity contribution in [3.05, 3.63) is 35.4 Å². The van der Waals surface area contributed by atoms with Gasteiger partial charge in [-0.05, 0) is 37.4 Å². The SMILES string of the molecule is Cc1ccccc1CN(C)C(CN)CC1CCCCC1. The number of likely N-dealkylation sites (N-methyl/N-ethyl adjacent to an activating group) is 1. The average molecular weight is 274 g/mol. The van der Waals surface area contributed by atoms with Gasteiger partial charge in [0.1, 0.15) is 0 Å². The van der Waals surface area contributed by atoms with Crippen LogP contribution in [0.25, 0.3) is 0 Å². The first kappa shape index (κ1) is 15.5. The third kappa shape index (κ3) is 4.32. The average Bonchev–Trinajstić information content (AvgIpc) is 2.48. The number of rotatable bonds is 6. The van der Waals surface area contributed by atoms with E-state index >= 15 is 0 Å². The summed E-state index contributed by atoms with van der Waals surface area (Å²) in [5.41, 5.74) is 8.85. The zero-order valence-corrected chi connectivity index (χ0v) is 13.1. The molecule has 0 radical (unpaired) electrons. The van der Waals surface area contributed by atoms with Crippen LogP contribution in [0.4, 0.5) is 0 Å². The monoisotopic (exact) mass is 274 g/mol. The molecule has 1 aliphatic carbocycles. The molecule has 0 amide bonds. The molecule has 20 heavy (non-hydrogen) atoms. The Morgan fingerprint density at radius 3 is 2.55 bits per heavy atom. The highest BCUT2D eigenvalue weighted by Crippen LogP contribution is 2.28. The number of hydrogen-bond acceptors (Lipinski definition) is 2. The third-order valence-corrected chi connectivity index (χ3v) is 4.91. The van der Waals surface area contributed by atoms with Crippen LogP contribution in [0.3, 0.4) is 0 Å². The van der Waals surface area contributed by atoms with Crippen LogP contribution in [-0.4, -0.2) is 24.5 Å². The minimum Gasteiger partial charge on any atom is -0.329 e. The molecule has 1 aromatic carbocycles. The van der Waals surface area contributed by atoms with Crippen LogP contribution in [0.5, 0.6) is 0 Å². The Hall–Kier alpha value is -0.860. The summed E-state index contributed by atoms with van der Waals surface area (Å²) >= 11 is 0. The predicted octanol–water partition coefficient (Wildman–Crippen LogP) is 3.72. The molecule has 0 bridgehead atoms. The summed E-state index contributed by atoms with van der Waals surface area (Å²) in [5, 5.41) is 0. The van der Waals surface area contributed by atoms with Crippen molar-refractivity contribution < 1.29 is 0 Å². The number of aryl methyl sites for hydroxylation is 1. The van der Waals surface area contributed by atoms with Gasteiger partial charge in [-0.25, -0.2) is 0 Å². The van der Waals surface area contributed by atoms with Crippen LogP contribution in [0, 0.1) is 12.8 Å². The van der Waals surface area contributed by atoms with Crippen molar-refractivity contribution in [1.29, 1.82) is 0 Å². The van der Waals surface area contributed by atoms with Gasteiger partial charge in [-0.2, -0.15) is 0 Å². The molecule has 1 atom stereocenters. The van der Waals surface area contributed by atoms with E-state index in [2.05, 4.69) is 43.1 Å². The first-order valence-electron chi connectivity index (χ1n) is 8.15. The first-order chi connectivity index (χ1) is 9.70. The lowest BCUT2D eigenvalue weighted by atomic mass is 9.84. The van der Waals surface area contributed by atoms with E-state index in [-0.39, 0.29) is 0 Å². The fraction of sp³-hybridized carbons (Fsp3) is 0.667. The minimum absolute atomic E-state index is 0.526. The molecule has 1 fully saturated rings. The van der Waals surface area contributed by atoms with Gasteiger partial charge >= 0.3 is 0 Å². The Balaban J connectivity index is 1.91. The molecule has 0 aromatic heterocycles. The normalized spacial score (nSPS) is 18.4. The lowest BCUT2D eigenvalue weighted by Gasteiger charge is -2.32. The standard InChI is InChI=1S/C18H30N2/c1-15-8-6-7-11-17(15)14-20(2)18(13-19)12-16-9-4-3-5-10-16/h6-8,11,16,18H,3-5,9-10,12-14,19H2,1-2H3. The fourth-order valence-electron chi connectivity index (χ4n) is 3.45. The summed E-state index contributed by atoms with van der Waals surface area (Å²) in [6.45, 7) is 3.99. The highest BCUT2D eigenvalue weighted by Gasteiger charge is 2.21. The molecule has 2 nitrogen and oxygen atoms in total. The first-order valence-corrected chi connectivity index (χ1v) is 8.15. The van der Waals surface area contributed by atoms with Gasteiger partial charge in [-0.3, -0.25) is 4.90 Å². The molecule has 1 aromatic rings. The van der Waals surface area contributed by atoms with E-state index in [0.29, 0.717) is 6.04 Å². The lowest BCUT2D eigenvalue weighted by molar-refractivity contribution is 0.184. The number of nitrogens with two attached hydrogens (primary N) is 1. The highest BCUT2D eigenvalue weighted by molar-refractivity contribution is 5.25. The molecule has 2 heteroatoms. The topological polar surface area (TPSA) is 29.3 Å². The van der Waals surface area contributed by atoms with Crippen LogP contribution in [0.15, 0.2) is 24.3 Å². The molecular weight excluding hydrogens is 244 g/mol. The second-order valence-electron chi connectivity index (χ2n) is 6.47. The third-order valence-electron chi connectivity index (χ3n) is 4.91. The van der Waals surface area contributed by atoms with Gasteiger partial charge in [-0.1, -0.05) is 56.4 Å². The molecule has 2 rings (SSSR count). The number of hydrogen-bond donors (Lipinski definition) is 1. The minimum atomic E-state index is 0.526. The molecule has 2 N–H and O–H groups in total. The van der Waals surface area contributed by atoms with Crippen molar-refractivity contribution in [3.8, 4) is 0 Å². The smallest absolute Gasteiger partial charge is 0.0236 e. The van der Waals surface area contributed by atoms with Crippen LogP contribution in [0.2, 0.25) is 0 Å². The lowest BCUT2D eigenvalue weighted by Crippen LogP contribution is -2.39. The van der Waals surface area contributed by atoms with Gasteiger partial charge in [0.15, 0.2) is 0 Å². The van der Waals surface area contributed by atoms with Gasteiger partial charge in [0.25, 0.3) is 0 Å². The van der Waals surface area contributed by atoms with Crippen molar-refractivity contribution in [2.45, 2.75) is 58.0 Å². The molecule has 0 aliphatic heterocycles. The Kier molecular flexibility index (Phi) is 6.06. The zero-order chi connectivity index (χ0) is 14.4. The Morgan fingerprint density at radius 1 is 1.20 bits per heavy atom. The van der Waals surface area contributed by atoms with Gasteiger partial charge in [0.2, 0.25) is 0 Å². The van der Waals surface area contributed by atoms with E-state index in [4.69, 9.17) is 5.73 Å². The van der Waals surface area contributed by atoms with Gasteiger partial charge in [-0.15, -0.1) is 0 Å². The summed E-state index contributed by atoms with van der Waals surface area (Å²) in [6.07, 6.45) is 8.37. The maximum atomic E-state index is 6.04. The molecule has 0 spiro atoms. The van der Waals surface area contributed by atoms with E-state index in [1.807, 2.05) is 0 Å². The summed E-state index contributed by atoms with van der Waals surface area (Å²) in [6, 6.07) is 9.20. The Bertz CT molecular complexity index is 396. The van der Waals surface area contributed by atoms with Crippen LogP contribution in [0.1, 0.15) is 49.7 Å². The van der Waals surface area contributed by atoms with Crippen molar-refractivity contribution >= 4 is 0 Å². The van der Waals surface area contributed by atoms with Crippen LogP contribution < -0.4 is 5.73 Å². The zero-order valence-electron chi connectivity index (χ0n) is 13.1. The second kappa shape index (κ2) is 7.80. The summed E-state index contributed by atoms with van der Waals surface area (Å²) in [4.78, 5) is 2.46.